The molecular formula is C28H24F3N3O9. The summed E-state index contributed by atoms with van der Waals surface area (Å²) in [5.41, 5.74) is -3.97. The van der Waals surface area contributed by atoms with Gasteiger partial charge in [-0.15, -0.1) is 0 Å². The molecule has 2 aliphatic rings. The minimum absolute atomic E-state index is 0.214. The van der Waals surface area contributed by atoms with E-state index in [1.54, 1.807) is 12.1 Å². The number of nitro benzene ring substituents is 1. The molecule has 226 valence electrons. The van der Waals surface area contributed by atoms with Gasteiger partial charge in [0.05, 0.1) is 78.0 Å². The lowest BCUT2D eigenvalue weighted by molar-refractivity contribution is -0.387. The van der Waals surface area contributed by atoms with Crippen LogP contribution in [-0.4, -0.2) is 73.7 Å². The molecule has 43 heavy (non-hydrogen) atoms. The van der Waals surface area contributed by atoms with E-state index in [0.717, 1.165) is 12.0 Å². The second kappa shape index (κ2) is 12.9. The molecule has 0 aromatic heterocycles. The van der Waals surface area contributed by atoms with Gasteiger partial charge in [-0.2, -0.15) is 4.39 Å². The number of fused-ring (bicyclic) bond motifs is 1. The van der Waals surface area contributed by atoms with Crippen LogP contribution in [0.1, 0.15) is 39.1 Å². The number of benzene rings is 2. The van der Waals surface area contributed by atoms with Crippen molar-refractivity contribution in [2.24, 2.45) is 0 Å². The van der Waals surface area contributed by atoms with Gasteiger partial charge >= 0.3 is 17.6 Å². The summed E-state index contributed by atoms with van der Waals surface area (Å²) in [5, 5.41) is 14.0. The lowest BCUT2D eigenvalue weighted by Gasteiger charge is -2.31. The van der Waals surface area contributed by atoms with Crippen LogP contribution in [-0.2, 0) is 23.8 Å². The Hall–Kier alpha value is -5.05. The van der Waals surface area contributed by atoms with Crippen molar-refractivity contribution in [2.75, 3.05) is 40.1 Å². The lowest BCUT2D eigenvalue weighted by atomic mass is 9.79. The second-order valence-corrected chi connectivity index (χ2v) is 9.10. The van der Waals surface area contributed by atoms with Crippen molar-refractivity contribution < 1.29 is 51.5 Å². The fourth-order valence-electron chi connectivity index (χ4n) is 4.85. The highest BCUT2D eigenvalue weighted by molar-refractivity contribution is 6.21. The number of imide groups is 1. The summed E-state index contributed by atoms with van der Waals surface area (Å²) in [7, 11) is 0.911. The van der Waals surface area contributed by atoms with Crippen molar-refractivity contribution in [2.45, 2.75) is 12.8 Å². The summed E-state index contributed by atoms with van der Waals surface area (Å²) in [6, 6.07) is 7.32. The molecule has 0 fully saturated rings. The van der Waals surface area contributed by atoms with Crippen molar-refractivity contribution >= 4 is 29.4 Å². The van der Waals surface area contributed by atoms with Gasteiger partial charge in [-0.1, -0.05) is 12.1 Å². The zero-order valence-corrected chi connectivity index (χ0v) is 22.8. The monoisotopic (exact) mass is 603 g/mol. The highest BCUT2D eigenvalue weighted by Gasteiger charge is 2.44. The maximum absolute atomic E-state index is 15.5. The standard InChI is InChI=1S/C28H24F3N3O9/c1-3-43-28(38)22-18(13-42-11-10-33-25(35)14-6-4-5-7-15(14)26(33)36)32-17(12-29)21(27(37)41-2)23(22)20-16(30)8-9-19(24(20)31)34(39)40/h4-9,23,32H,3,10-13H2,1-2H3. The van der Waals surface area contributed by atoms with Crippen LogP contribution in [0.3, 0.4) is 0 Å². The molecule has 15 heteroatoms. The van der Waals surface area contributed by atoms with Gasteiger partial charge in [0.15, 0.2) is 0 Å². The SMILES string of the molecule is CCOC(=O)C1=C(COCCN2C(=O)c3ccccc3C2=O)NC(CF)=C(C(=O)OC)C1c1c(F)ccc([N+](=O)[O-])c1F. The van der Waals surface area contributed by atoms with E-state index in [0.29, 0.717) is 12.1 Å². The Morgan fingerprint density at radius 1 is 1.02 bits per heavy atom. The number of carbonyl (C=O) groups is 4. The molecule has 2 aromatic rings. The Morgan fingerprint density at radius 3 is 2.21 bits per heavy atom. The molecule has 2 aromatic carbocycles. The number of halogens is 3. The average Bonchev–Trinajstić information content (AvgIpc) is 3.23. The number of carbonyl (C=O) groups excluding carboxylic acids is 4. The number of ether oxygens (including phenoxy) is 3. The van der Waals surface area contributed by atoms with E-state index in [1.165, 1.54) is 19.1 Å². The summed E-state index contributed by atoms with van der Waals surface area (Å²) in [5.74, 6) is -8.69. The van der Waals surface area contributed by atoms with Crippen molar-refractivity contribution in [1.29, 1.82) is 0 Å². The van der Waals surface area contributed by atoms with E-state index in [-0.39, 0.29) is 36.6 Å². The maximum atomic E-state index is 15.5. The maximum Gasteiger partial charge on any atom is 0.336 e. The number of dihydropyridines is 1. The van der Waals surface area contributed by atoms with Crippen LogP contribution >= 0.6 is 0 Å². The van der Waals surface area contributed by atoms with Gasteiger partial charge in [-0.25, -0.2) is 18.4 Å². The highest BCUT2D eigenvalue weighted by atomic mass is 19.1. The second-order valence-electron chi connectivity index (χ2n) is 9.10. The van der Waals surface area contributed by atoms with E-state index in [4.69, 9.17) is 14.2 Å². The number of hydrogen-bond donors (Lipinski definition) is 1. The van der Waals surface area contributed by atoms with Gasteiger partial charge in [-0.3, -0.25) is 24.6 Å². The molecule has 2 amide bonds. The Morgan fingerprint density at radius 2 is 1.65 bits per heavy atom. The lowest BCUT2D eigenvalue weighted by Crippen LogP contribution is -2.37. The number of allylic oxidation sites excluding steroid dienone is 1. The Bertz CT molecular complexity index is 1550. The van der Waals surface area contributed by atoms with Crippen LogP contribution in [0.2, 0.25) is 0 Å². The molecule has 0 aliphatic carbocycles. The largest absolute Gasteiger partial charge is 0.466 e. The number of hydrogen-bond acceptors (Lipinski definition) is 10. The molecule has 0 radical (unpaired) electrons. The van der Waals surface area contributed by atoms with Gasteiger partial charge in [0.2, 0.25) is 5.82 Å². The van der Waals surface area contributed by atoms with Gasteiger partial charge in [0.25, 0.3) is 11.8 Å². The van der Waals surface area contributed by atoms with E-state index >= 15 is 8.78 Å². The Labute approximate surface area is 241 Å². The van der Waals surface area contributed by atoms with Crippen LogP contribution in [0.15, 0.2) is 58.9 Å². The van der Waals surface area contributed by atoms with Crippen molar-refractivity contribution in [1.82, 2.24) is 10.2 Å². The number of esters is 2. The minimum Gasteiger partial charge on any atom is -0.466 e. The minimum atomic E-state index is -2.05. The van der Waals surface area contributed by atoms with Crippen molar-refractivity contribution in [3.63, 3.8) is 0 Å². The normalized spacial score (nSPS) is 16.3. The molecular weight excluding hydrogens is 579 g/mol. The molecule has 12 nitrogen and oxygen atoms in total. The molecule has 1 unspecified atom stereocenters. The van der Waals surface area contributed by atoms with Crippen LogP contribution in [0.4, 0.5) is 18.9 Å². The van der Waals surface area contributed by atoms with Gasteiger partial charge in [-0.05, 0) is 25.1 Å². The summed E-state index contributed by atoms with van der Waals surface area (Å²) in [6.07, 6.45) is 0. The molecule has 1 atom stereocenters. The number of alkyl halides is 1. The zero-order valence-electron chi connectivity index (χ0n) is 22.8. The Kier molecular flexibility index (Phi) is 9.24. The third kappa shape index (κ3) is 5.70. The van der Waals surface area contributed by atoms with Gasteiger partial charge in [0, 0.05) is 11.6 Å². The quantitative estimate of drug-likeness (QED) is 0.133. The topological polar surface area (TPSA) is 154 Å². The number of amides is 2. The number of nitro groups is 1. The molecule has 0 spiro atoms. The predicted molar refractivity (Wildman–Crippen MR) is 140 cm³/mol. The first kappa shape index (κ1) is 30.9. The highest BCUT2D eigenvalue weighted by Crippen LogP contribution is 2.43. The third-order valence-corrected chi connectivity index (χ3v) is 6.74. The van der Waals surface area contributed by atoms with Crippen LogP contribution in [0.25, 0.3) is 0 Å². The van der Waals surface area contributed by atoms with Gasteiger partial charge < -0.3 is 19.5 Å². The smallest absolute Gasteiger partial charge is 0.336 e. The first-order valence-electron chi connectivity index (χ1n) is 12.8. The number of rotatable bonds is 11. The summed E-state index contributed by atoms with van der Waals surface area (Å²) < 4.78 is 60.4. The first-order chi connectivity index (χ1) is 20.6. The van der Waals surface area contributed by atoms with Crippen LogP contribution < -0.4 is 5.32 Å². The molecule has 1 N–H and O–H groups in total. The summed E-state index contributed by atoms with van der Waals surface area (Å²) in [4.78, 5) is 62.5. The van der Waals surface area contributed by atoms with Gasteiger partial charge in [0.1, 0.15) is 12.5 Å². The first-order valence-corrected chi connectivity index (χ1v) is 12.8. The van der Waals surface area contributed by atoms with Crippen LogP contribution in [0, 0.1) is 21.7 Å². The summed E-state index contributed by atoms with van der Waals surface area (Å²) in [6.45, 7) is -1.28. The van der Waals surface area contributed by atoms with E-state index < -0.39 is 87.6 Å². The average molecular weight is 604 g/mol. The number of methoxy groups -OCH3 is 1. The third-order valence-electron chi connectivity index (χ3n) is 6.74. The number of nitrogens with zero attached hydrogens (tertiary/aromatic N) is 2. The Balaban J connectivity index is 1.74. The van der Waals surface area contributed by atoms with E-state index in [9.17, 15) is 33.7 Å². The zero-order chi connectivity index (χ0) is 31.4. The summed E-state index contributed by atoms with van der Waals surface area (Å²) >= 11 is 0. The van der Waals surface area contributed by atoms with Crippen molar-refractivity contribution in [3.8, 4) is 0 Å². The molecule has 4 rings (SSSR count). The fourth-order valence-corrected chi connectivity index (χ4v) is 4.85. The van der Waals surface area contributed by atoms with Crippen LogP contribution in [0.5, 0.6) is 0 Å². The molecule has 2 heterocycles. The van der Waals surface area contributed by atoms with Crippen molar-refractivity contribution in [3.05, 3.63) is 97.4 Å². The molecule has 0 saturated heterocycles. The fraction of sp³-hybridized carbons (Fsp3) is 0.286. The number of nitrogens with one attached hydrogen (secondary N) is 1. The van der Waals surface area contributed by atoms with E-state index in [2.05, 4.69) is 5.32 Å². The molecule has 0 bridgehead atoms. The molecule has 2 aliphatic heterocycles. The predicted octanol–water partition coefficient (Wildman–Crippen LogP) is 3.09. The van der Waals surface area contributed by atoms with E-state index in [1.807, 2.05) is 0 Å². The molecule has 0 saturated carbocycles.